The second-order valence-corrected chi connectivity index (χ2v) is 4.94. The van der Waals surface area contributed by atoms with Crippen LogP contribution in [0.3, 0.4) is 0 Å². The molecule has 0 unspecified atom stereocenters. The zero-order valence-electron chi connectivity index (χ0n) is 12.6. The number of alkyl halides is 6. The number of methoxy groups -OCH3 is 1. The number of nitrogens with one attached hydrogen (secondary N) is 1. The van der Waals surface area contributed by atoms with Crippen LogP contribution < -0.4 is 10.1 Å². The Morgan fingerprint density at radius 1 is 0.920 bits per heavy atom. The van der Waals surface area contributed by atoms with Crippen LogP contribution in [0.1, 0.15) is 21.5 Å². The molecule has 0 aliphatic carbocycles. The number of hydrogen-bond acceptors (Lipinski definition) is 2. The van der Waals surface area contributed by atoms with Gasteiger partial charge in [-0.25, -0.2) is 0 Å². The van der Waals surface area contributed by atoms with Crippen LogP contribution >= 0.6 is 0 Å². The first-order valence-corrected chi connectivity index (χ1v) is 6.76. The van der Waals surface area contributed by atoms with E-state index in [2.05, 4.69) is 5.32 Å². The first kappa shape index (κ1) is 18.6. The maximum absolute atomic E-state index is 13.1. The lowest BCUT2D eigenvalue weighted by Crippen LogP contribution is -2.19. The molecule has 1 N–H and O–H groups in total. The highest BCUT2D eigenvalue weighted by atomic mass is 19.4. The molecule has 0 spiro atoms. The van der Waals surface area contributed by atoms with E-state index in [0.29, 0.717) is 18.2 Å². The number of hydrogen-bond donors (Lipinski definition) is 1. The minimum absolute atomic E-state index is 0.0676. The van der Waals surface area contributed by atoms with Crippen LogP contribution in [-0.4, -0.2) is 13.0 Å². The highest BCUT2D eigenvalue weighted by Crippen LogP contribution is 2.35. The van der Waals surface area contributed by atoms with Gasteiger partial charge >= 0.3 is 12.4 Å². The first-order valence-electron chi connectivity index (χ1n) is 6.76. The Bertz CT molecular complexity index is 766. The molecule has 0 radical (unpaired) electrons. The van der Waals surface area contributed by atoms with Gasteiger partial charge < -0.3 is 10.1 Å². The summed E-state index contributed by atoms with van der Waals surface area (Å²) >= 11 is 0. The summed E-state index contributed by atoms with van der Waals surface area (Å²) in [6.45, 7) is 0. The predicted molar refractivity (Wildman–Crippen MR) is 77.4 cm³/mol. The summed E-state index contributed by atoms with van der Waals surface area (Å²) < 4.78 is 81.4. The number of benzene rings is 2. The molecule has 2 aromatic rings. The Balaban J connectivity index is 2.29. The zero-order valence-corrected chi connectivity index (χ0v) is 12.6. The van der Waals surface area contributed by atoms with Crippen molar-refractivity contribution >= 4 is 11.6 Å². The van der Waals surface area contributed by atoms with Gasteiger partial charge in [0, 0.05) is 5.69 Å². The number of carbonyl (C=O) groups is 1. The van der Waals surface area contributed by atoms with Gasteiger partial charge in [0.15, 0.2) is 0 Å². The molecule has 0 fully saturated rings. The number of halogens is 6. The summed E-state index contributed by atoms with van der Waals surface area (Å²) in [7, 11) is 1.18. The molecule has 25 heavy (non-hydrogen) atoms. The van der Waals surface area contributed by atoms with Crippen molar-refractivity contribution in [2.45, 2.75) is 12.4 Å². The van der Waals surface area contributed by atoms with Crippen LogP contribution in [0.5, 0.6) is 5.75 Å². The van der Waals surface area contributed by atoms with Gasteiger partial charge in [0.05, 0.1) is 23.8 Å². The molecule has 3 nitrogen and oxygen atoms in total. The topological polar surface area (TPSA) is 38.3 Å². The molecule has 1 amide bonds. The minimum atomic E-state index is -4.80. The lowest BCUT2D eigenvalue weighted by atomic mass is 10.1. The molecule has 0 saturated heterocycles. The van der Waals surface area contributed by atoms with Crippen molar-refractivity contribution in [3.8, 4) is 5.75 Å². The zero-order chi connectivity index (χ0) is 18.8. The average molecular weight is 363 g/mol. The van der Waals surface area contributed by atoms with Gasteiger partial charge in [-0.1, -0.05) is 0 Å². The van der Waals surface area contributed by atoms with Crippen molar-refractivity contribution in [2.75, 3.05) is 12.4 Å². The van der Waals surface area contributed by atoms with Crippen molar-refractivity contribution in [1.29, 1.82) is 0 Å². The normalized spacial score (nSPS) is 12.0. The molecule has 0 saturated carbocycles. The monoisotopic (exact) mass is 363 g/mol. The lowest BCUT2D eigenvalue weighted by molar-refractivity contribution is -0.138. The van der Waals surface area contributed by atoms with E-state index in [1.165, 1.54) is 13.2 Å². The van der Waals surface area contributed by atoms with Crippen molar-refractivity contribution in [3.63, 3.8) is 0 Å². The molecular weight excluding hydrogens is 352 g/mol. The molecule has 0 bridgehead atoms. The first-order chi connectivity index (χ1) is 11.5. The fraction of sp³-hybridized carbons (Fsp3) is 0.188. The largest absolute Gasteiger partial charge is 0.497 e. The Hall–Kier alpha value is -2.71. The van der Waals surface area contributed by atoms with Crippen molar-refractivity contribution in [1.82, 2.24) is 0 Å². The smallest absolute Gasteiger partial charge is 0.417 e. The highest BCUT2D eigenvalue weighted by Gasteiger charge is 2.36. The molecule has 2 rings (SSSR count). The lowest BCUT2D eigenvalue weighted by Gasteiger charge is -2.14. The summed E-state index contributed by atoms with van der Waals surface area (Å²) in [6.07, 6.45) is -9.36. The Morgan fingerprint density at radius 2 is 1.52 bits per heavy atom. The van der Waals surface area contributed by atoms with Gasteiger partial charge in [0.2, 0.25) is 0 Å². The Labute approximate surface area is 138 Å². The van der Waals surface area contributed by atoms with Crippen LogP contribution in [0, 0.1) is 0 Å². The number of carbonyl (C=O) groups excluding carboxylic acids is 1. The van der Waals surface area contributed by atoms with E-state index in [0.717, 1.165) is 18.2 Å². The molecule has 9 heteroatoms. The van der Waals surface area contributed by atoms with Gasteiger partial charge in [0.25, 0.3) is 5.91 Å². The van der Waals surface area contributed by atoms with E-state index in [-0.39, 0.29) is 11.4 Å². The number of ether oxygens (including phenoxy) is 1. The highest BCUT2D eigenvalue weighted by molar-refractivity contribution is 6.05. The fourth-order valence-electron chi connectivity index (χ4n) is 2.02. The third kappa shape index (κ3) is 4.43. The van der Waals surface area contributed by atoms with Gasteiger partial charge in [-0.05, 0) is 42.5 Å². The summed E-state index contributed by atoms with van der Waals surface area (Å²) in [5.41, 5.74) is -2.89. The second kappa shape index (κ2) is 6.66. The van der Waals surface area contributed by atoms with E-state index >= 15 is 0 Å². The standard InChI is InChI=1S/C16H11F6NO2/c1-25-11-6-7-12(13(8-11)16(20,21)22)14(24)23-10-4-2-9(3-5-10)15(17,18)19/h2-8H,1H3,(H,23,24). The maximum Gasteiger partial charge on any atom is 0.417 e. The van der Waals surface area contributed by atoms with E-state index in [1.54, 1.807) is 0 Å². The van der Waals surface area contributed by atoms with Crippen LogP contribution in [0.25, 0.3) is 0 Å². The van der Waals surface area contributed by atoms with Crippen LogP contribution in [0.15, 0.2) is 42.5 Å². The molecule has 0 heterocycles. The summed E-state index contributed by atoms with van der Waals surface area (Å²) in [5.74, 6) is -1.19. The average Bonchev–Trinajstić information content (AvgIpc) is 2.53. The summed E-state index contributed by atoms with van der Waals surface area (Å²) in [6, 6.07) is 6.12. The van der Waals surface area contributed by atoms with Gasteiger partial charge in [0.1, 0.15) is 5.75 Å². The molecule has 0 atom stereocenters. The van der Waals surface area contributed by atoms with Crippen molar-refractivity contribution < 1.29 is 35.9 Å². The number of rotatable bonds is 3. The van der Waals surface area contributed by atoms with Crippen LogP contribution in [-0.2, 0) is 12.4 Å². The molecule has 0 aliphatic heterocycles. The molecule has 134 valence electrons. The summed E-state index contributed by atoms with van der Waals surface area (Å²) in [4.78, 5) is 12.1. The van der Waals surface area contributed by atoms with Crippen LogP contribution in [0.2, 0.25) is 0 Å². The third-order valence-electron chi connectivity index (χ3n) is 3.25. The molecule has 0 aromatic heterocycles. The van der Waals surface area contributed by atoms with Crippen molar-refractivity contribution in [2.24, 2.45) is 0 Å². The number of amides is 1. The van der Waals surface area contributed by atoms with Gasteiger partial charge in [-0.2, -0.15) is 26.3 Å². The van der Waals surface area contributed by atoms with Crippen LogP contribution in [0.4, 0.5) is 32.0 Å². The Kier molecular flexibility index (Phi) is 4.96. The van der Waals surface area contributed by atoms with E-state index in [4.69, 9.17) is 4.74 Å². The van der Waals surface area contributed by atoms with Gasteiger partial charge in [-0.3, -0.25) is 4.79 Å². The van der Waals surface area contributed by atoms with Crippen molar-refractivity contribution in [3.05, 3.63) is 59.2 Å². The molecule has 0 aliphatic rings. The SMILES string of the molecule is COc1ccc(C(=O)Nc2ccc(C(F)(F)F)cc2)c(C(F)(F)F)c1. The fourth-order valence-corrected chi connectivity index (χ4v) is 2.02. The van der Waals surface area contributed by atoms with E-state index < -0.39 is 35.0 Å². The quantitative estimate of drug-likeness (QED) is 0.781. The third-order valence-corrected chi connectivity index (χ3v) is 3.25. The second-order valence-electron chi connectivity index (χ2n) is 4.94. The van der Waals surface area contributed by atoms with E-state index in [9.17, 15) is 31.1 Å². The summed E-state index contributed by atoms with van der Waals surface area (Å²) in [5, 5.41) is 2.14. The maximum atomic E-state index is 13.1. The predicted octanol–water partition coefficient (Wildman–Crippen LogP) is 4.99. The van der Waals surface area contributed by atoms with E-state index in [1.807, 2.05) is 0 Å². The molecular formula is C16H11F6NO2. The Morgan fingerprint density at radius 3 is 2.00 bits per heavy atom. The minimum Gasteiger partial charge on any atom is -0.497 e. The number of anilines is 1. The molecule has 2 aromatic carbocycles. The van der Waals surface area contributed by atoms with Gasteiger partial charge in [-0.15, -0.1) is 0 Å².